The fourth-order valence-corrected chi connectivity index (χ4v) is 1.69. The Labute approximate surface area is 87.2 Å². The van der Waals surface area contributed by atoms with Gasteiger partial charge in [0.2, 0.25) is 5.78 Å². The molecule has 3 nitrogen and oxygen atoms in total. The molecule has 0 fully saturated rings. The molecule has 60 valence electrons. The molecule has 0 saturated carbocycles. The van der Waals surface area contributed by atoms with Gasteiger partial charge >= 0.3 is 0 Å². The molecule has 1 aliphatic carbocycles. The third-order valence-electron chi connectivity index (χ3n) is 1.19. The Morgan fingerprint density at radius 2 is 1.73 bits per heavy atom. The molecule has 1 N–H and O–H groups in total. The van der Waals surface area contributed by atoms with E-state index in [1.165, 1.54) is 0 Å². The molecular weight excluding hydrogens is 348 g/mol. The highest BCUT2D eigenvalue weighted by Crippen LogP contribution is 2.45. The number of alkyl halides is 2. The van der Waals surface area contributed by atoms with Crippen molar-refractivity contribution in [2.45, 2.75) is 3.23 Å². The van der Waals surface area contributed by atoms with Gasteiger partial charge in [-0.2, -0.15) is 0 Å². The fourth-order valence-electron chi connectivity index (χ4n) is 0.598. The number of rotatable bonds is 0. The Hall–Kier alpha value is 0.320. The minimum absolute atomic E-state index is 0.111. The monoisotopic (exact) mass is 346 g/mol. The van der Waals surface area contributed by atoms with Gasteiger partial charge in [-0.1, -0.05) is 31.9 Å². The van der Waals surface area contributed by atoms with Gasteiger partial charge in [0.25, 0.3) is 5.78 Å². The number of allylic oxidation sites excluding steroid dienone is 2. The number of ketones is 2. The SMILES string of the molecule is O=C1C(=O)C(Br)(Br)C(Br)=C1O. The van der Waals surface area contributed by atoms with Crippen molar-refractivity contribution < 1.29 is 14.7 Å². The van der Waals surface area contributed by atoms with Crippen LogP contribution in [0, 0.1) is 0 Å². The van der Waals surface area contributed by atoms with Crippen molar-refractivity contribution in [3.8, 4) is 0 Å². The average Bonchev–Trinajstić information content (AvgIpc) is 2.06. The van der Waals surface area contributed by atoms with Crippen molar-refractivity contribution in [1.82, 2.24) is 0 Å². The van der Waals surface area contributed by atoms with Gasteiger partial charge in [0.15, 0.2) is 8.99 Å². The highest BCUT2D eigenvalue weighted by Gasteiger charge is 2.50. The van der Waals surface area contributed by atoms with Crippen LogP contribution in [-0.2, 0) is 9.59 Å². The van der Waals surface area contributed by atoms with E-state index in [0.717, 1.165) is 0 Å². The van der Waals surface area contributed by atoms with Gasteiger partial charge in [-0.25, -0.2) is 0 Å². The van der Waals surface area contributed by atoms with E-state index in [9.17, 15) is 9.59 Å². The maximum atomic E-state index is 11.0. The van der Waals surface area contributed by atoms with Crippen molar-refractivity contribution in [1.29, 1.82) is 0 Å². The molecule has 0 unspecified atom stereocenters. The smallest absolute Gasteiger partial charge is 0.266 e. The summed E-state index contributed by atoms with van der Waals surface area (Å²) in [5.74, 6) is -2.18. The zero-order valence-electron chi connectivity index (χ0n) is 4.90. The predicted molar refractivity (Wildman–Crippen MR) is 49.2 cm³/mol. The van der Waals surface area contributed by atoms with E-state index in [1.54, 1.807) is 0 Å². The third-order valence-corrected chi connectivity index (χ3v) is 4.74. The highest BCUT2D eigenvalue weighted by molar-refractivity contribution is 9.27. The molecule has 0 aromatic rings. The second-order valence-corrected chi connectivity index (χ2v) is 6.13. The largest absolute Gasteiger partial charge is 0.503 e. The van der Waals surface area contributed by atoms with Crippen LogP contribution in [0.25, 0.3) is 0 Å². The van der Waals surface area contributed by atoms with Crippen LogP contribution in [0.15, 0.2) is 10.2 Å². The average molecular weight is 349 g/mol. The number of aliphatic hydroxyl groups excluding tert-OH is 1. The number of carbonyl (C=O) groups is 2. The van der Waals surface area contributed by atoms with Gasteiger partial charge in [-0.3, -0.25) is 9.59 Å². The Balaban J connectivity index is 3.27. The Morgan fingerprint density at radius 1 is 1.27 bits per heavy atom. The molecule has 0 saturated heterocycles. The maximum Gasteiger partial charge on any atom is 0.266 e. The molecule has 11 heavy (non-hydrogen) atoms. The minimum Gasteiger partial charge on any atom is -0.503 e. The zero-order chi connectivity index (χ0) is 8.81. The quantitative estimate of drug-likeness (QED) is 0.536. The Bertz CT molecular complexity index is 279. The zero-order valence-corrected chi connectivity index (χ0v) is 9.66. The summed E-state index contributed by atoms with van der Waals surface area (Å²) in [6, 6.07) is 0. The molecule has 1 aliphatic rings. The van der Waals surface area contributed by atoms with Crippen molar-refractivity contribution in [2.75, 3.05) is 0 Å². The molecule has 0 aliphatic heterocycles. The summed E-state index contributed by atoms with van der Waals surface area (Å²) in [6.07, 6.45) is 0. The summed E-state index contributed by atoms with van der Waals surface area (Å²) in [6.45, 7) is 0. The molecule has 0 bridgehead atoms. The summed E-state index contributed by atoms with van der Waals surface area (Å²) >= 11 is 8.77. The van der Waals surface area contributed by atoms with Gasteiger partial charge in [0.05, 0.1) is 4.48 Å². The van der Waals surface area contributed by atoms with Gasteiger partial charge in [0, 0.05) is 0 Å². The lowest BCUT2D eigenvalue weighted by molar-refractivity contribution is -0.134. The lowest BCUT2D eigenvalue weighted by Crippen LogP contribution is -2.24. The van der Waals surface area contributed by atoms with Gasteiger partial charge in [-0.05, 0) is 15.9 Å². The molecule has 1 rings (SSSR count). The predicted octanol–water partition coefficient (Wildman–Crippen LogP) is 1.79. The molecule has 0 heterocycles. The van der Waals surface area contributed by atoms with Crippen LogP contribution in [-0.4, -0.2) is 19.9 Å². The summed E-state index contributed by atoms with van der Waals surface area (Å²) < 4.78 is -1.15. The minimum atomic E-state index is -1.26. The standard InChI is InChI=1S/C5HBr3O3/c6-3-1(9)2(10)4(11)5(3,7)8/h9H. The first kappa shape index (κ1) is 9.41. The first-order valence-electron chi connectivity index (χ1n) is 2.45. The number of hydrogen-bond acceptors (Lipinski definition) is 3. The summed E-state index contributed by atoms with van der Waals surface area (Å²) in [4.78, 5) is 21.8. The molecule has 0 amide bonds. The topological polar surface area (TPSA) is 54.4 Å². The number of hydrogen-bond donors (Lipinski definition) is 1. The first-order valence-corrected chi connectivity index (χ1v) is 4.83. The lowest BCUT2D eigenvalue weighted by atomic mass is 10.3. The van der Waals surface area contributed by atoms with E-state index in [1.807, 2.05) is 0 Å². The van der Waals surface area contributed by atoms with Crippen molar-refractivity contribution in [3.05, 3.63) is 10.2 Å². The maximum absolute atomic E-state index is 11.0. The number of carbonyl (C=O) groups excluding carboxylic acids is 2. The van der Waals surface area contributed by atoms with Crippen molar-refractivity contribution in [3.63, 3.8) is 0 Å². The van der Waals surface area contributed by atoms with E-state index in [-0.39, 0.29) is 4.48 Å². The molecule has 6 heteroatoms. The van der Waals surface area contributed by atoms with E-state index in [4.69, 9.17) is 5.11 Å². The molecule has 0 aromatic heterocycles. The number of Topliss-reactive ketones (excluding diaryl/α,β-unsaturated/α-hetero) is 2. The van der Waals surface area contributed by atoms with Crippen LogP contribution in [0.4, 0.5) is 0 Å². The Morgan fingerprint density at radius 3 is 1.82 bits per heavy atom. The van der Waals surface area contributed by atoms with Gasteiger partial charge < -0.3 is 5.11 Å². The van der Waals surface area contributed by atoms with Crippen LogP contribution >= 0.6 is 47.8 Å². The molecule has 0 atom stereocenters. The van der Waals surface area contributed by atoms with Crippen molar-refractivity contribution >= 4 is 59.4 Å². The normalized spacial score (nSPS) is 23.2. The fraction of sp³-hybridized carbons (Fsp3) is 0.200. The highest BCUT2D eigenvalue weighted by atomic mass is 79.9. The van der Waals surface area contributed by atoms with Crippen LogP contribution in [0.3, 0.4) is 0 Å². The molecular formula is C5HBr3O3. The second kappa shape index (κ2) is 2.67. The molecule has 0 aromatic carbocycles. The van der Waals surface area contributed by atoms with Crippen LogP contribution in [0.1, 0.15) is 0 Å². The summed E-state index contributed by atoms with van der Waals surface area (Å²) in [7, 11) is 0. The van der Waals surface area contributed by atoms with E-state index in [2.05, 4.69) is 47.8 Å². The van der Waals surface area contributed by atoms with Crippen LogP contribution in [0.5, 0.6) is 0 Å². The van der Waals surface area contributed by atoms with E-state index in [0.29, 0.717) is 0 Å². The number of halogens is 3. The molecule has 0 spiro atoms. The van der Waals surface area contributed by atoms with Gasteiger partial charge in [0.1, 0.15) is 0 Å². The summed E-state index contributed by atoms with van der Waals surface area (Å²) in [5.41, 5.74) is 0. The van der Waals surface area contributed by atoms with Crippen LogP contribution < -0.4 is 0 Å². The summed E-state index contributed by atoms with van der Waals surface area (Å²) in [5, 5.41) is 8.97. The van der Waals surface area contributed by atoms with Crippen LogP contribution in [0.2, 0.25) is 0 Å². The van der Waals surface area contributed by atoms with Gasteiger partial charge in [-0.15, -0.1) is 0 Å². The number of aliphatic hydroxyl groups is 1. The molecule has 0 radical (unpaired) electrons. The second-order valence-electron chi connectivity index (χ2n) is 1.90. The first-order chi connectivity index (χ1) is 4.89. The van der Waals surface area contributed by atoms with Crippen molar-refractivity contribution in [2.24, 2.45) is 0 Å². The lowest BCUT2D eigenvalue weighted by Gasteiger charge is -2.07. The van der Waals surface area contributed by atoms with E-state index < -0.39 is 20.6 Å². The van der Waals surface area contributed by atoms with E-state index >= 15 is 0 Å². The Kier molecular flexibility index (Phi) is 2.28. The third kappa shape index (κ3) is 1.21.